The lowest BCUT2D eigenvalue weighted by Gasteiger charge is -2.13. The molecule has 0 atom stereocenters. The lowest BCUT2D eigenvalue weighted by atomic mass is 10.0. The summed E-state index contributed by atoms with van der Waals surface area (Å²) in [6, 6.07) is 58.8. The molecular weight excluding hydrogens is 625 g/mol. The van der Waals surface area contributed by atoms with Crippen LogP contribution in [-0.4, -0.2) is 19.5 Å². The van der Waals surface area contributed by atoms with Crippen molar-refractivity contribution in [1.82, 2.24) is 19.5 Å². The van der Waals surface area contributed by atoms with Crippen molar-refractivity contribution in [2.75, 3.05) is 0 Å². The molecule has 0 radical (unpaired) electrons. The molecule has 0 amide bonds. The number of nitrogens with zero attached hydrogens (tertiary/aromatic N) is 4. The normalized spacial score (nSPS) is 11.6. The standard InChI is InChI=1S/C46H30N4O/c1-4-15-30(16-5-1)29-41-47-45(32-19-8-3-9-20-32)49-46(48-41)37-25-13-23-35-34-21-10-11-26-38(34)50(43(35)37)39-27-14-28-40-42(39)36-24-12-22-33(44(36)51-40)31-17-6-2-7-18-31/h1-28H,29H2. The van der Waals surface area contributed by atoms with E-state index in [0.717, 1.165) is 83.1 Å². The van der Waals surface area contributed by atoms with Gasteiger partial charge in [-0.15, -0.1) is 0 Å². The van der Waals surface area contributed by atoms with Gasteiger partial charge in [0, 0.05) is 39.3 Å². The largest absolute Gasteiger partial charge is 0.455 e. The first kappa shape index (κ1) is 29.1. The molecule has 0 unspecified atom stereocenters. The van der Waals surface area contributed by atoms with Crippen LogP contribution in [0.3, 0.4) is 0 Å². The topological polar surface area (TPSA) is 56.7 Å². The van der Waals surface area contributed by atoms with Gasteiger partial charge in [-0.3, -0.25) is 0 Å². The van der Waals surface area contributed by atoms with Gasteiger partial charge in [0.25, 0.3) is 0 Å². The average Bonchev–Trinajstić information content (AvgIpc) is 3.75. The summed E-state index contributed by atoms with van der Waals surface area (Å²) >= 11 is 0. The first-order valence-corrected chi connectivity index (χ1v) is 17.2. The summed E-state index contributed by atoms with van der Waals surface area (Å²) < 4.78 is 9.08. The zero-order valence-electron chi connectivity index (χ0n) is 27.6. The van der Waals surface area contributed by atoms with E-state index in [9.17, 15) is 0 Å². The second kappa shape index (κ2) is 11.9. The highest BCUT2D eigenvalue weighted by atomic mass is 16.3. The highest BCUT2D eigenvalue weighted by molar-refractivity contribution is 6.17. The predicted molar refractivity (Wildman–Crippen MR) is 207 cm³/mol. The molecule has 0 saturated heterocycles. The Morgan fingerprint density at radius 3 is 1.90 bits per heavy atom. The zero-order chi connectivity index (χ0) is 33.7. The van der Waals surface area contributed by atoms with Gasteiger partial charge in [0.15, 0.2) is 11.6 Å². The molecule has 5 heteroatoms. The van der Waals surface area contributed by atoms with Gasteiger partial charge < -0.3 is 8.98 Å². The van der Waals surface area contributed by atoms with Crippen LogP contribution in [0.2, 0.25) is 0 Å². The van der Waals surface area contributed by atoms with Crippen LogP contribution in [0.1, 0.15) is 11.4 Å². The van der Waals surface area contributed by atoms with E-state index in [0.29, 0.717) is 18.1 Å². The molecular formula is C46H30N4O. The Balaban J connectivity index is 1.27. The molecule has 0 fully saturated rings. The van der Waals surface area contributed by atoms with Crippen molar-refractivity contribution in [3.8, 4) is 39.6 Å². The summed E-state index contributed by atoms with van der Waals surface area (Å²) in [5.74, 6) is 2.02. The molecule has 10 aromatic rings. The molecule has 0 bridgehead atoms. The Morgan fingerprint density at radius 1 is 0.471 bits per heavy atom. The Kier molecular flexibility index (Phi) is 6.81. The summed E-state index contributed by atoms with van der Waals surface area (Å²) in [5, 5.41) is 4.42. The average molecular weight is 655 g/mol. The third-order valence-corrected chi connectivity index (χ3v) is 9.68. The number of benzene rings is 7. The third kappa shape index (κ3) is 4.90. The van der Waals surface area contributed by atoms with Crippen LogP contribution in [-0.2, 0) is 6.42 Å². The number of aromatic nitrogens is 4. The van der Waals surface area contributed by atoms with E-state index in [1.807, 2.05) is 30.3 Å². The van der Waals surface area contributed by atoms with Crippen molar-refractivity contribution in [2.24, 2.45) is 0 Å². The fourth-order valence-corrected chi connectivity index (χ4v) is 7.42. The summed E-state index contributed by atoms with van der Waals surface area (Å²) in [5.41, 5.74) is 10.1. The smallest absolute Gasteiger partial charge is 0.165 e. The van der Waals surface area contributed by atoms with Crippen LogP contribution in [0.15, 0.2) is 174 Å². The molecule has 0 spiro atoms. The van der Waals surface area contributed by atoms with Crippen molar-refractivity contribution in [2.45, 2.75) is 6.42 Å². The van der Waals surface area contributed by atoms with E-state index in [-0.39, 0.29) is 0 Å². The Labute approximate surface area is 294 Å². The number of rotatable bonds is 6. The molecule has 0 N–H and O–H groups in total. The summed E-state index contributed by atoms with van der Waals surface area (Å²) in [7, 11) is 0. The maximum Gasteiger partial charge on any atom is 0.165 e. The highest BCUT2D eigenvalue weighted by Crippen LogP contribution is 2.43. The van der Waals surface area contributed by atoms with E-state index < -0.39 is 0 Å². The van der Waals surface area contributed by atoms with Crippen LogP contribution in [0.5, 0.6) is 0 Å². The van der Waals surface area contributed by atoms with Crippen LogP contribution in [0, 0.1) is 0 Å². The molecule has 7 aromatic carbocycles. The van der Waals surface area contributed by atoms with Crippen molar-refractivity contribution >= 4 is 43.7 Å². The molecule has 10 rings (SSSR count). The second-order valence-corrected chi connectivity index (χ2v) is 12.8. The molecule has 0 aliphatic heterocycles. The Hall–Kier alpha value is -6.85. The molecule has 5 nitrogen and oxygen atoms in total. The van der Waals surface area contributed by atoms with Crippen LogP contribution < -0.4 is 0 Å². The molecule has 0 aliphatic rings. The fraction of sp³-hybridized carbons (Fsp3) is 0.0217. The number of para-hydroxylation sites is 3. The van der Waals surface area contributed by atoms with Crippen LogP contribution in [0.4, 0.5) is 0 Å². The summed E-state index contributed by atoms with van der Waals surface area (Å²) in [4.78, 5) is 15.3. The van der Waals surface area contributed by atoms with Gasteiger partial charge in [0.2, 0.25) is 0 Å². The highest BCUT2D eigenvalue weighted by Gasteiger charge is 2.22. The monoisotopic (exact) mass is 654 g/mol. The first-order chi connectivity index (χ1) is 25.3. The van der Waals surface area contributed by atoms with Gasteiger partial charge in [0.05, 0.1) is 22.1 Å². The lowest BCUT2D eigenvalue weighted by molar-refractivity contribution is 0.670. The molecule has 51 heavy (non-hydrogen) atoms. The number of fused-ring (bicyclic) bond motifs is 6. The lowest BCUT2D eigenvalue weighted by Crippen LogP contribution is -2.05. The molecule has 240 valence electrons. The number of hydrogen-bond acceptors (Lipinski definition) is 4. The van der Waals surface area contributed by atoms with Crippen LogP contribution in [0.25, 0.3) is 83.3 Å². The third-order valence-electron chi connectivity index (χ3n) is 9.68. The van der Waals surface area contributed by atoms with Gasteiger partial charge in [-0.25, -0.2) is 15.0 Å². The van der Waals surface area contributed by atoms with Crippen molar-refractivity contribution < 1.29 is 4.42 Å². The minimum absolute atomic E-state index is 0.596. The minimum Gasteiger partial charge on any atom is -0.455 e. The zero-order valence-corrected chi connectivity index (χ0v) is 27.6. The molecule has 3 aromatic heterocycles. The Morgan fingerprint density at radius 2 is 1.10 bits per heavy atom. The van der Waals surface area contributed by atoms with E-state index in [1.54, 1.807) is 0 Å². The van der Waals surface area contributed by atoms with E-state index in [1.165, 1.54) is 0 Å². The molecule has 0 saturated carbocycles. The fourth-order valence-electron chi connectivity index (χ4n) is 7.42. The van der Waals surface area contributed by atoms with Gasteiger partial charge in [-0.1, -0.05) is 146 Å². The second-order valence-electron chi connectivity index (χ2n) is 12.8. The van der Waals surface area contributed by atoms with Gasteiger partial charge in [-0.2, -0.15) is 0 Å². The first-order valence-electron chi connectivity index (χ1n) is 17.2. The quantitative estimate of drug-likeness (QED) is 0.179. The van der Waals surface area contributed by atoms with E-state index in [4.69, 9.17) is 19.4 Å². The van der Waals surface area contributed by atoms with Gasteiger partial charge in [-0.05, 0) is 35.4 Å². The van der Waals surface area contributed by atoms with Crippen LogP contribution >= 0.6 is 0 Å². The molecule has 3 heterocycles. The summed E-state index contributed by atoms with van der Waals surface area (Å²) in [6.45, 7) is 0. The van der Waals surface area contributed by atoms with E-state index in [2.05, 4.69) is 144 Å². The van der Waals surface area contributed by atoms with Gasteiger partial charge in [0.1, 0.15) is 17.0 Å². The van der Waals surface area contributed by atoms with Crippen molar-refractivity contribution in [3.63, 3.8) is 0 Å². The number of hydrogen-bond donors (Lipinski definition) is 0. The van der Waals surface area contributed by atoms with Crippen molar-refractivity contribution in [1.29, 1.82) is 0 Å². The maximum atomic E-state index is 6.71. The van der Waals surface area contributed by atoms with Crippen molar-refractivity contribution in [3.05, 3.63) is 181 Å². The summed E-state index contributed by atoms with van der Waals surface area (Å²) in [6.07, 6.45) is 0.596. The Bertz CT molecular complexity index is 2870. The van der Waals surface area contributed by atoms with Gasteiger partial charge >= 0.3 is 0 Å². The van der Waals surface area contributed by atoms with E-state index >= 15 is 0 Å². The number of furan rings is 1. The SMILES string of the molecule is c1ccc(Cc2nc(-c3ccccc3)nc(-c3cccc4c5ccccc5n(-c5cccc6oc7c(-c8ccccc8)cccc7c56)c34)n2)cc1. The molecule has 0 aliphatic carbocycles. The minimum atomic E-state index is 0.596. The predicted octanol–water partition coefficient (Wildman–Crippen LogP) is 11.5. The maximum absolute atomic E-state index is 6.71.